The van der Waals surface area contributed by atoms with Crippen molar-refractivity contribution in [3.8, 4) is 0 Å². The molecule has 0 amide bonds. The van der Waals surface area contributed by atoms with Crippen LogP contribution in [0.1, 0.15) is 5.56 Å². The van der Waals surface area contributed by atoms with Gasteiger partial charge in [0.2, 0.25) is 5.12 Å². The number of aliphatic imine (C=N–C) groups is 1. The van der Waals surface area contributed by atoms with Gasteiger partial charge in [0.15, 0.2) is 0 Å². The lowest BCUT2D eigenvalue weighted by atomic mass is 10.2. The first-order chi connectivity index (χ1) is 7.70. The fourth-order valence-electron chi connectivity index (χ4n) is 1.22. The Balaban J connectivity index is 2.35. The van der Waals surface area contributed by atoms with Crippen LogP contribution in [0, 0.1) is 0 Å². The molecule has 0 N–H and O–H groups in total. The number of benzene rings is 1. The van der Waals surface area contributed by atoms with Crippen LogP contribution in [0.25, 0.3) is 6.08 Å². The average molecular weight is 270 g/mol. The molecule has 0 fully saturated rings. The molecule has 0 bridgehead atoms. The maximum Gasteiger partial charge on any atom is 0.244 e. The quantitative estimate of drug-likeness (QED) is 0.729. The van der Waals surface area contributed by atoms with Gasteiger partial charge >= 0.3 is 0 Å². The molecule has 0 aliphatic carbocycles. The predicted octanol–water partition coefficient (Wildman–Crippen LogP) is 3.67. The number of halogens is 1. The Bertz CT molecular complexity index is 497. The molecule has 1 aromatic carbocycles. The van der Waals surface area contributed by atoms with E-state index in [1.54, 1.807) is 12.1 Å². The molecule has 5 heteroatoms. The largest absolute Gasteiger partial charge is 0.279 e. The molecule has 0 aromatic heterocycles. The van der Waals surface area contributed by atoms with Crippen LogP contribution in [0.3, 0.4) is 0 Å². The van der Waals surface area contributed by atoms with Gasteiger partial charge in [-0.1, -0.05) is 29.8 Å². The lowest BCUT2D eigenvalue weighted by molar-refractivity contribution is -0.107. The Morgan fingerprint density at radius 1 is 1.44 bits per heavy atom. The Morgan fingerprint density at radius 3 is 2.81 bits per heavy atom. The maximum absolute atomic E-state index is 11.6. The van der Waals surface area contributed by atoms with E-state index in [-0.39, 0.29) is 5.12 Å². The fraction of sp³-hybridized carbons (Fsp3) is 0.0909. The minimum Gasteiger partial charge on any atom is -0.279 e. The lowest BCUT2D eigenvalue weighted by Gasteiger charge is -1.96. The second-order valence-electron chi connectivity index (χ2n) is 3.02. The van der Waals surface area contributed by atoms with Crippen molar-refractivity contribution in [3.05, 3.63) is 40.5 Å². The van der Waals surface area contributed by atoms with Crippen molar-refractivity contribution in [1.82, 2.24) is 0 Å². The molecule has 0 atom stereocenters. The molecule has 1 aliphatic rings. The summed E-state index contributed by atoms with van der Waals surface area (Å²) in [6.07, 6.45) is 3.62. The third-order valence-electron chi connectivity index (χ3n) is 1.97. The molecule has 82 valence electrons. The Kier molecular flexibility index (Phi) is 3.74. The van der Waals surface area contributed by atoms with E-state index in [9.17, 15) is 4.79 Å². The Morgan fingerprint density at radius 2 is 2.19 bits per heavy atom. The van der Waals surface area contributed by atoms with Gasteiger partial charge in [0.1, 0.15) is 10.1 Å². The molecule has 0 saturated heterocycles. The number of hydrogen-bond donors (Lipinski definition) is 0. The zero-order valence-corrected chi connectivity index (χ0v) is 10.8. The summed E-state index contributed by atoms with van der Waals surface area (Å²) in [4.78, 5) is 15.8. The van der Waals surface area contributed by atoms with Gasteiger partial charge in [0.05, 0.1) is 0 Å². The van der Waals surface area contributed by atoms with Crippen molar-refractivity contribution in [1.29, 1.82) is 0 Å². The van der Waals surface area contributed by atoms with Crippen molar-refractivity contribution in [2.45, 2.75) is 0 Å². The number of thioether (sulfide) groups is 2. The zero-order valence-electron chi connectivity index (χ0n) is 8.44. The third-order valence-corrected chi connectivity index (χ3v) is 4.17. The van der Waals surface area contributed by atoms with Crippen molar-refractivity contribution in [3.63, 3.8) is 0 Å². The summed E-state index contributed by atoms with van der Waals surface area (Å²) in [5.41, 5.74) is 1.28. The molecule has 1 heterocycles. The second-order valence-corrected chi connectivity index (χ2v) is 5.44. The predicted molar refractivity (Wildman–Crippen MR) is 73.0 cm³/mol. The fourth-order valence-corrected chi connectivity index (χ4v) is 2.67. The molecular weight excluding hydrogens is 262 g/mol. The zero-order chi connectivity index (χ0) is 11.5. The van der Waals surface area contributed by atoms with E-state index in [2.05, 4.69) is 4.99 Å². The van der Waals surface area contributed by atoms with E-state index in [1.807, 2.05) is 24.5 Å². The third kappa shape index (κ3) is 2.51. The van der Waals surface area contributed by atoms with Crippen molar-refractivity contribution >= 4 is 50.7 Å². The number of carbonyl (C=O) groups is 1. The normalized spacial score (nSPS) is 18.0. The number of nitrogens with zero attached hydrogens (tertiary/aromatic N) is 1. The van der Waals surface area contributed by atoms with Gasteiger partial charge in [-0.15, -0.1) is 11.8 Å². The smallest absolute Gasteiger partial charge is 0.244 e. The van der Waals surface area contributed by atoms with Gasteiger partial charge < -0.3 is 0 Å². The van der Waals surface area contributed by atoms with Crippen LogP contribution in [0.5, 0.6) is 0 Å². The van der Waals surface area contributed by atoms with Crippen molar-refractivity contribution in [2.24, 2.45) is 4.99 Å². The van der Waals surface area contributed by atoms with Gasteiger partial charge in [-0.3, -0.25) is 4.79 Å². The van der Waals surface area contributed by atoms with Crippen LogP contribution in [0.4, 0.5) is 0 Å². The summed E-state index contributed by atoms with van der Waals surface area (Å²) in [5, 5.41) is 0.602. The van der Waals surface area contributed by atoms with E-state index in [0.29, 0.717) is 10.7 Å². The summed E-state index contributed by atoms with van der Waals surface area (Å²) < 4.78 is 0.781. The molecule has 0 radical (unpaired) electrons. The molecule has 1 aromatic rings. The average Bonchev–Trinajstić information content (AvgIpc) is 2.63. The summed E-state index contributed by atoms with van der Waals surface area (Å²) in [6, 6.07) is 7.38. The van der Waals surface area contributed by atoms with E-state index >= 15 is 0 Å². The van der Waals surface area contributed by atoms with Crippen LogP contribution < -0.4 is 0 Å². The monoisotopic (exact) mass is 269 g/mol. The van der Waals surface area contributed by atoms with Crippen molar-refractivity contribution < 1.29 is 4.79 Å². The van der Waals surface area contributed by atoms with Gasteiger partial charge in [0.25, 0.3) is 0 Å². The van der Waals surface area contributed by atoms with E-state index in [1.165, 1.54) is 11.8 Å². The first-order valence-electron chi connectivity index (χ1n) is 4.52. The van der Waals surface area contributed by atoms with Crippen molar-refractivity contribution in [2.75, 3.05) is 6.26 Å². The Hall–Kier alpha value is -0.710. The van der Waals surface area contributed by atoms with Crippen LogP contribution in [0.2, 0.25) is 5.02 Å². The molecule has 2 nitrogen and oxygen atoms in total. The summed E-state index contributed by atoms with van der Waals surface area (Å²) in [7, 11) is 0. The molecule has 0 saturated carbocycles. The SMILES string of the molecule is CSC1=NC(=Cc2ccccc2Cl)C(=O)S1. The topological polar surface area (TPSA) is 29.4 Å². The minimum absolute atomic E-state index is 0.0238. The first kappa shape index (κ1) is 11.8. The standard InChI is InChI=1S/C11H8ClNOS2/c1-15-11-13-9(10(14)16-11)6-7-4-2-3-5-8(7)12/h2-6H,1H3. The highest BCUT2D eigenvalue weighted by Crippen LogP contribution is 2.30. The number of carbonyl (C=O) groups excluding carboxylic acids is 1. The molecule has 2 rings (SSSR count). The molecule has 1 aliphatic heterocycles. The van der Waals surface area contributed by atoms with Gasteiger partial charge in [0, 0.05) is 5.02 Å². The highest BCUT2D eigenvalue weighted by atomic mass is 35.5. The van der Waals surface area contributed by atoms with Crippen LogP contribution >= 0.6 is 35.1 Å². The maximum atomic E-state index is 11.6. The lowest BCUT2D eigenvalue weighted by Crippen LogP contribution is -1.88. The van der Waals surface area contributed by atoms with E-state index in [4.69, 9.17) is 11.6 Å². The Labute approximate surface area is 107 Å². The van der Waals surface area contributed by atoms with E-state index < -0.39 is 0 Å². The molecule has 16 heavy (non-hydrogen) atoms. The van der Waals surface area contributed by atoms with Gasteiger partial charge in [-0.05, 0) is 35.7 Å². The van der Waals surface area contributed by atoms with Gasteiger partial charge in [-0.2, -0.15) is 0 Å². The summed E-state index contributed by atoms with van der Waals surface area (Å²) in [6.45, 7) is 0. The first-order valence-corrected chi connectivity index (χ1v) is 6.93. The molecular formula is C11H8ClNOS2. The summed E-state index contributed by atoms with van der Waals surface area (Å²) in [5.74, 6) is 0. The highest BCUT2D eigenvalue weighted by Gasteiger charge is 2.21. The van der Waals surface area contributed by atoms with Crippen LogP contribution in [0.15, 0.2) is 35.0 Å². The molecule has 0 spiro atoms. The van der Waals surface area contributed by atoms with Crippen LogP contribution in [-0.4, -0.2) is 15.7 Å². The highest BCUT2D eigenvalue weighted by molar-refractivity contribution is 8.45. The number of rotatable bonds is 1. The van der Waals surface area contributed by atoms with Crippen LogP contribution in [-0.2, 0) is 4.79 Å². The van der Waals surface area contributed by atoms with Gasteiger partial charge in [-0.25, -0.2) is 4.99 Å². The minimum atomic E-state index is -0.0238. The number of hydrogen-bond acceptors (Lipinski definition) is 4. The second kappa shape index (κ2) is 5.08. The molecule has 0 unspecified atom stereocenters. The van der Waals surface area contributed by atoms with E-state index in [0.717, 1.165) is 21.7 Å². The summed E-state index contributed by atoms with van der Waals surface area (Å²) >= 11 is 8.64.